The largest absolute Gasteiger partial charge is 0.491 e. The highest BCUT2D eigenvalue weighted by Gasteiger charge is 2.09. The molecule has 3 N–H and O–H groups in total. The molecule has 0 radical (unpaired) electrons. The van der Waals surface area contributed by atoms with Crippen molar-refractivity contribution in [2.45, 2.75) is 11.1 Å². The molecule has 0 aliphatic heterocycles. The Hall–Kier alpha value is -1.43. The predicted molar refractivity (Wildman–Crippen MR) is 82.3 cm³/mol. The molecule has 0 spiro atoms. The van der Waals surface area contributed by atoms with Gasteiger partial charge >= 0.3 is 0 Å². The van der Waals surface area contributed by atoms with Crippen molar-refractivity contribution in [3.8, 4) is 5.75 Å². The molecule has 0 amide bonds. The van der Waals surface area contributed by atoms with Crippen molar-refractivity contribution >= 4 is 29.1 Å². The van der Waals surface area contributed by atoms with E-state index in [0.29, 0.717) is 27.2 Å². The first kappa shape index (κ1) is 15.0. The molecule has 1 atom stereocenters. The van der Waals surface area contributed by atoms with Gasteiger partial charge in [0.1, 0.15) is 17.4 Å². The number of aliphatic hydroxyl groups excluding tert-OH is 1. The van der Waals surface area contributed by atoms with E-state index in [1.807, 2.05) is 0 Å². The summed E-state index contributed by atoms with van der Waals surface area (Å²) in [5.41, 5.74) is 6.26. The summed E-state index contributed by atoms with van der Waals surface area (Å²) in [7, 11) is 0. The van der Waals surface area contributed by atoms with Crippen LogP contribution in [0.15, 0.2) is 47.6 Å². The van der Waals surface area contributed by atoms with E-state index >= 15 is 0 Å². The smallest absolute Gasteiger partial charge is 0.119 e. The third kappa shape index (κ3) is 4.59. The van der Waals surface area contributed by atoms with Crippen molar-refractivity contribution < 1.29 is 9.84 Å². The molecule has 6 heteroatoms. The van der Waals surface area contributed by atoms with Crippen LogP contribution in [0, 0.1) is 0 Å². The summed E-state index contributed by atoms with van der Waals surface area (Å²) >= 11 is 7.39. The standard InChI is InChI=1S/C14H15ClN2O2S/c15-13-2-1-7-17-14(13)20-9-11(18)8-19-12-5-3-10(16)4-6-12/h1-7,11,18H,8-9,16H2. The zero-order chi connectivity index (χ0) is 14.4. The Labute approximate surface area is 126 Å². The third-order valence-electron chi connectivity index (χ3n) is 2.46. The lowest BCUT2D eigenvalue weighted by Crippen LogP contribution is -2.20. The Balaban J connectivity index is 1.77. The first-order chi connectivity index (χ1) is 9.65. The van der Waals surface area contributed by atoms with Gasteiger partial charge in [0.05, 0.1) is 11.1 Å². The third-order valence-corrected chi connectivity index (χ3v) is 4.03. The molecule has 0 saturated heterocycles. The quantitative estimate of drug-likeness (QED) is 0.634. The van der Waals surface area contributed by atoms with Crippen molar-refractivity contribution in [3.63, 3.8) is 0 Å². The van der Waals surface area contributed by atoms with E-state index in [-0.39, 0.29) is 6.61 Å². The molecule has 1 aromatic carbocycles. The van der Waals surface area contributed by atoms with Gasteiger partial charge in [-0.25, -0.2) is 4.98 Å². The highest BCUT2D eigenvalue weighted by atomic mass is 35.5. The zero-order valence-corrected chi connectivity index (χ0v) is 12.3. The summed E-state index contributed by atoms with van der Waals surface area (Å²) < 4.78 is 5.47. The summed E-state index contributed by atoms with van der Waals surface area (Å²) in [6.45, 7) is 0.210. The van der Waals surface area contributed by atoms with Crippen LogP contribution in [0.2, 0.25) is 5.02 Å². The number of thioether (sulfide) groups is 1. The minimum Gasteiger partial charge on any atom is -0.491 e. The number of hydrogen-bond donors (Lipinski definition) is 2. The zero-order valence-electron chi connectivity index (χ0n) is 10.7. The molecule has 1 aromatic heterocycles. The van der Waals surface area contributed by atoms with Gasteiger partial charge in [-0.05, 0) is 36.4 Å². The Kier molecular flexibility index (Phi) is 5.52. The monoisotopic (exact) mass is 310 g/mol. The number of nitrogen functional groups attached to an aromatic ring is 1. The van der Waals surface area contributed by atoms with Crippen LogP contribution in [0.3, 0.4) is 0 Å². The number of hydrogen-bond acceptors (Lipinski definition) is 5. The maximum Gasteiger partial charge on any atom is 0.119 e. The Morgan fingerprint density at radius 3 is 2.75 bits per heavy atom. The topological polar surface area (TPSA) is 68.4 Å². The number of aromatic nitrogens is 1. The molecule has 1 unspecified atom stereocenters. The van der Waals surface area contributed by atoms with E-state index in [9.17, 15) is 5.11 Å². The van der Waals surface area contributed by atoms with Crippen molar-refractivity contribution in [1.82, 2.24) is 4.98 Å². The summed E-state index contributed by atoms with van der Waals surface area (Å²) in [4.78, 5) is 4.14. The molecule has 20 heavy (non-hydrogen) atoms. The van der Waals surface area contributed by atoms with Gasteiger partial charge in [-0.1, -0.05) is 11.6 Å². The minimum absolute atomic E-state index is 0.210. The number of nitrogens with zero attached hydrogens (tertiary/aromatic N) is 1. The van der Waals surface area contributed by atoms with E-state index in [2.05, 4.69) is 4.98 Å². The number of anilines is 1. The molecule has 2 rings (SSSR count). The maximum atomic E-state index is 9.88. The van der Waals surface area contributed by atoms with Gasteiger partial charge < -0.3 is 15.6 Å². The molecular weight excluding hydrogens is 296 g/mol. The van der Waals surface area contributed by atoms with E-state index in [4.69, 9.17) is 22.1 Å². The van der Waals surface area contributed by atoms with E-state index in [1.165, 1.54) is 11.8 Å². The first-order valence-electron chi connectivity index (χ1n) is 6.05. The van der Waals surface area contributed by atoms with Crippen LogP contribution in [-0.4, -0.2) is 28.6 Å². The lowest BCUT2D eigenvalue weighted by atomic mass is 10.3. The second kappa shape index (κ2) is 7.38. The second-order valence-corrected chi connectivity index (χ2v) is 5.55. The number of pyridine rings is 1. The van der Waals surface area contributed by atoms with Crippen molar-refractivity contribution in [2.24, 2.45) is 0 Å². The van der Waals surface area contributed by atoms with Crippen LogP contribution < -0.4 is 10.5 Å². The molecule has 0 bridgehead atoms. The molecule has 0 fully saturated rings. The number of ether oxygens (including phenoxy) is 1. The number of aliphatic hydroxyl groups is 1. The predicted octanol–water partition coefficient (Wildman–Crippen LogP) is 2.85. The van der Waals surface area contributed by atoms with Crippen molar-refractivity contribution in [2.75, 3.05) is 18.1 Å². The van der Waals surface area contributed by atoms with Crippen molar-refractivity contribution in [1.29, 1.82) is 0 Å². The second-order valence-electron chi connectivity index (χ2n) is 4.14. The first-order valence-corrected chi connectivity index (χ1v) is 7.41. The summed E-state index contributed by atoms with van der Waals surface area (Å²) in [6, 6.07) is 10.6. The van der Waals surface area contributed by atoms with Crippen LogP contribution >= 0.6 is 23.4 Å². The molecule has 2 aromatic rings. The van der Waals surface area contributed by atoms with Gasteiger partial charge in [0, 0.05) is 17.6 Å². The van der Waals surface area contributed by atoms with Gasteiger partial charge in [0.2, 0.25) is 0 Å². The molecule has 4 nitrogen and oxygen atoms in total. The number of nitrogens with two attached hydrogens (primary N) is 1. The van der Waals surface area contributed by atoms with E-state index < -0.39 is 6.10 Å². The maximum absolute atomic E-state index is 9.88. The van der Waals surface area contributed by atoms with Gasteiger partial charge in [-0.3, -0.25) is 0 Å². The van der Waals surface area contributed by atoms with Crippen LogP contribution in [0.4, 0.5) is 5.69 Å². The van der Waals surface area contributed by atoms with Gasteiger partial charge in [-0.2, -0.15) is 0 Å². The SMILES string of the molecule is Nc1ccc(OCC(O)CSc2ncccc2Cl)cc1. The molecule has 106 valence electrons. The fourth-order valence-electron chi connectivity index (χ4n) is 1.46. The number of benzene rings is 1. The normalized spacial score (nSPS) is 12.1. The van der Waals surface area contributed by atoms with E-state index in [0.717, 1.165) is 0 Å². The van der Waals surface area contributed by atoms with Crippen LogP contribution in [0.1, 0.15) is 0 Å². The Bertz CT molecular complexity index is 551. The average Bonchev–Trinajstić information content (AvgIpc) is 2.46. The highest BCUT2D eigenvalue weighted by molar-refractivity contribution is 7.99. The fraction of sp³-hybridized carbons (Fsp3) is 0.214. The lowest BCUT2D eigenvalue weighted by Gasteiger charge is -2.12. The minimum atomic E-state index is -0.601. The molecule has 0 aliphatic carbocycles. The van der Waals surface area contributed by atoms with E-state index in [1.54, 1.807) is 42.6 Å². The van der Waals surface area contributed by atoms with Gasteiger partial charge in [0.15, 0.2) is 0 Å². The fourth-order valence-corrected chi connectivity index (χ4v) is 2.53. The molecule has 1 heterocycles. The lowest BCUT2D eigenvalue weighted by molar-refractivity contribution is 0.126. The Morgan fingerprint density at radius 2 is 2.05 bits per heavy atom. The summed E-state index contributed by atoms with van der Waals surface area (Å²) in [5.74, 6) is 1.14. The average molecular weight is 311 g/mol. The highest BCUT2D eigenvalue weighted by Crippen LogP contribution is 2.24. The molecule has 0 saturated carbocycles. The van der Waals surface area contributed by atoms with Gasteiger partial charge in [0.25, 0.3) is 0 Å². The number of rotatable bonds is 6. The summed E-state index contributed by atoms with van der Waals surface area (Å²) in [5, 5.41) is 11.2. The Morgan fingerprint density at radius 1 is 1.30 bits per heavy atom. The van der Waals surface area contributed by atoms with Crippen molar-refractivity contribution in [3.05, 3.63) is 47.6 Å². The summed E-state index contributed by atoms with van der Waals surface area (Å²) in [6.07, 6.45) is 1.07. The van der Waals surface area contributed by atoms with Crippen LogP contribution in [-0.2, 0) is 0 Å². The van der Waals surface area contributed by atoms with Crippen LogP contribution in [0.5, 0.6) is 5.75 Å². The van der Waals surface area contributed by atoms with Crippen LogP contribution in [0.25, 0.3) is 0 Å². The molecular formula is C14H15ClN2O2S. The molecule has 0 aliphatic rings. The van der Waals surface area contributed by atoms with Gasteiger partial charge in [-0.15, -0.1) is 11.8 Å². The number of halogens is 1.